The maximum Gasteiger partial charge on any atom is 0.226 e. The quantitative estimate of drug-likeness (QED) is 0.661. The summed E-state index contributed by atoms with van der Waals surface area (Å²) in [6, 6.07) is 15.1. The van der Waals surface area contributed by atoms with E-state index in [1.807, 2.05) is 41.3 Å². The molecule has 0 spiro atoms. The minimum Gasteiger partial charge on any atom is -0.491 e. The average molecular weight is 397 g/mol. The topological polar surface area (TPSA) is 58.6 Å². The molecule has 0 N–H and O–H groups in total. The van der Waals surface area contributed by atoms with Crippen LogP contribution in [0.4, 0.5) is 5.82 Å². The lowest BCUT2D eigenvalue weighted by molar-refractivity contribution is -0.132. The van der Waals surface area contributed by atoms with Crippen LogP contribution in [0.3, 0.4) is 0 Å². The number of carbonyl (C=O) groups excluding carboxylic acids is 1. The van der Waals surface area contributed by atoms with E-state index >= 15 is 0 Å². The Labute approximate surface area is 168 Å². The molecule has 0 atom stereocenters. The van der Waals surface area contributed by atoms with Crippen LogP contribution in [-0.2, 0) is 4.79 Å². The lowest BCUT2D eigenvalue weighted by Gasteiger charge is -2.35. The monoisotopic (exact) mass is 396 g/mol. The third kappa shape index (κ3) is 4.17. The summed E-state index contributed by atoms with van der Waals surface area (Å²) in [7, 11) is 0. The van der Waals surface area contributed by atoms with E-state index in [0.29, 0.717) is 36.9 Å². The van der Waals surface area contributed by atoms with Crippen LogP contribution in [-0.4, -0.2) is 53.6 Å². The summed E-state index contributed by atoms with van der Waals surface area (Å²) < 4.78 is 5.62. The minimum absolute atomic E-state index is 0.0938. The molecule has 7 heteroatoms. The molecule has 6 nitrogen and oxygen atoms in total. The third-order valence-electron chi connectivity index (χ3n) is 4.80. The molecule has 0 radical (unpaired) electrons. The van der Waals surface area contributed by atoms with E-state index in [9.17, 15) is 4.79 Å². The molecule has 28 heavy (non-hydrogen) atoms. The lowest BCUT2D eigenvalue weighted by Crippen LogP contribution is -2.49. The molecule has 1 amide bonds. The van der Waals surface area contributed by atoms with Gasteiger partial charge in [-0.25, -0.2) is 4.98 Å². The Kier molecular flexibility index (Phi) is 5.58. The van der Waals surface area contributed by atoms with Crippen molar-refractivity contribution >= 4 is 34.4 Å². The van der Waals surface area contributed by atoms with E-state index < -0.39 is 0 Å². The van der Waals surface area contributed by atoms with Gasteiger partial charge in [0.15, 0.2) is 0 Å². The molecule has 2 aromatic carbocycles. The van der Waals surface area contributed by atoms with E-state index in [1.165, 1.54) is 0 Å². The number of amides is 1. The first-order valence-corrected chi connectivity index (χ1v) is 9.70. The van der Waals surface area contributed by atoms with Crippen LogP contribution >= 0.6 is 11.6 Å². The number of rotatable bonds is 5. The Balaban J connectivity index is 1.28. The smallest absolute Gasteiger partial charge is 0.226 e. The summed E-state index contributed by atoms with van der Waals surface area (Å²) in [6.45, 7) is 3.13. The van der Waals surface area contributed by atoms with Crippen molar-refractivity contribution in [3.8, 4) is 5.75 Å². The standard InChI is InChI=1S/C21H21ClN4O2/c22-16-5-1-4-8-19(16)28-14-9-21(27)26-12-10-25(11-13-26)20-15-23-17-6-2-3-7-18(17)24-20/h1-8,15H,9-14H2. The molecular weight excluding hydrogens is 376 g/mol. The van der Waals surface area contributed by atoms with Crippen LogP contribution in [0.5, 0.6) is 5.75 Å². The molecule has 1 aromatic heterocycles. The van der Waals surface area contributed by atoms with Crippen molar-refractivity contribution in [1.82, 2.24) is 14.9 Å². The molecule has 0 bridgehead atoms. The molecule has 0 aliphatic carbocycles. The zero-order chi connectivity index (χ0) is 19.3. The molecule has 144 valence electrons. The first-order chi connectivity index (χ1) is 13.7. The van der Waals surface area contributed by atoms with Gasteiger partial charge in [0, 0.05) is 26.2 Å². The van der Waals surface area contributed by atoms with E-state index in [4.69, 9.17) is 16.3 Å². The number of benzene rings is 2. The molecule has 1 aliphatic heterocycles. The Hall–Kier alpha value is -2.86. The maximum atomic E-state index is 12.5. The van der Waals surface area contributed by atoms with Crippen molar-refractivity contribution in [2.45, 2.75) is 6.42 Å². The molecule has 3 aromatic rings. The number of halogens is 1. The molecule has 0 saturated carbocycles. The second kappa shape index (κ2) is 8.44. The largest absolute Gasteiger partial charge is 0.491 e. The highest BCUT2D eigenvalue weighted by Crippen LogP contribution is 2.23. The SMILES string of the molecule is O=C(CCOc1ccccc1Cl)N1CCN(c2cnc3ccccc3n2)CC1. The highest BCUT2D eigenvalue weighted by Gasteiger charge is 2.22. The third-order valence-corrected chi connectivity index (χ3v) is 5.11. The van der Waals surface area contributed by atoms with Crippen LogP contribution in [0, 0.1) is 0 Å². The summed E-state index contributed by atoms with van der Waals surface area (Å²) in [4.78, 5) is 25.7. The van der Waals surface area contributed by atoms with E-state index in [0.717, 1.165) is 29.9 Å². The van der Waals surface area contributed by atoms with Gasteiger partial charge in [-0.15, -0.1) is 0 Å². The minimum atomic E-state index is 0.0938. The predicted octanol–water partition coefficient (Wildman–Crippen LogP) is 3.40. The van der Waals surface area contributed by atoms with Gasteiger partial charge in [0.25, 0.3) is 0 Å². The fraction of sp³-hybridized carbons (Fsp3) is 0.286. The molecule has 1 saturated heterocycles. The van der Waals surface area contributed by atoms with Crippen molar-refractivity contribution in [3.63, 3.8) is 0 Å². The van der Waals surface area contributed by atoms with Gasteiger partial charge in [-0.05, 0) is 24.3 Å². The highest BCUT2D eigenvalue weighted by molar-refractivity contribution is 6.32. The first-order valence-electron chi connectivity index (χ1n) is 9.32. The normalized spacial score (nSPS) is 14.3. The molecule has 1 aliphatic rings. The summed E-state index contributed by atoms with van der Waals surface area (Å²) >= 11 is 6.06. The van der Waals surface area contributed by atoms with E-state index in [1.54, 1.807) is 18.3 Å². The van der Waals surface area contributed by atoms with Crippen LogP contribution in [0.2, 0.25) is 5.02 Å². The second-order valence-electron chi connectivity index (χ2n) is 6.61. The molecular formula is C21H21ClN4O2. The van der Waals surface area contributed by atoms with E-state index in [-0.39, 0.29) is 5.91 Å². The number of carbonyl (C=O) groups is 1. The number of aromatic nitrogens is 2. The molecule has 2 heterocycles. The Morgan fingerprint density at radius 3 is 2.50 bits per heavy atom. The van der Waals surface area contributed by atoms with Crippen molar-refractivity contribution < 1.29 is 9.53 Å². The van der Waals surface area contributed by atoms with Crippen LogP contribution < -0.4 is 9.64 Å². The number of ether oxygens (including phenoxy) is 1. The molecule has 1 fully saturated rings. The zero-order valence-electron chi connectivity index (χ0n) is 15.4. The number of fused-ring (bicyclic) bond motifs is 1. The van der Waals surface area contributed by atoms with Gasteiger partial charge in [-0.2, -0.15) is 0 Å². The van der Waals surface area contributed by atoms with Crippen molar-refractivity contribution in [3.05, 3.63) is 59.8 Å². The molecule has 0 unspecified atom stereocenters. The number of piperazine rings is 1. The van der Waals surface area contributed by atoms with Gasteiger partial charge >= 0.3 is 0 Å². The average Bonchev–Trinajstić information content (AvgIpc) is 2.75. The van der Waals surface area contributed by atoms with Crippen LogP contribution in [0.1, 0.15) is 6.42 Å². The van der Waals surface area contributed by atoms with Gasteiger partial charge in [-0.3, -0.25) is 9.78 Å². The van der Waals surface area contributed by atoms with Crippen molar-refractivity contribution in [2.75, 3.05) is 37.7 Å². The summed E-state index contributed by atoms with van der Waals surface area (Å²) in [6.07, 6.45) is 2.14. The Morgan fingerprint density at radius 1 is 1.00 bits per heavy atom. The van der Waals surface area contributed by atoms with E-state index in [2.05, 4.69) is 14.9 Å². The number of nitrogens with zero attached hydrogens (tertiary/aromatic N) is 4. The van der Waals surface area contributed by atoms with Crippen molar-refractivity contribution in [2.24, 2.45) is 0 Å². The maximum absolute atomic E-state index is 12.5. The van der Waals surface area contributed by atoms with Gasteiger partial charge in [-0.1, -0.05) is 35.9 Å². The summed E-state index contributed by atoms with van der Waals surface area (Å²) in [5.41, 5.74) is 1.77. The van der Waals surface area contributed by atoms with Gasteiger partial charge in [0.05, 0.1) is 35.3 Å². The Morgan fingerprint density at radius 2 is 1.71 bits per heavy atom. The number of hydrogen-bond acceptors (Lipinski definition) is 5. The molecule has 4 rings (SSSR count). The Bertz CT molecular complexity index is 973. The van der Waals surface area contributed by atoms with Gasteiger partial charge in [0.1, 0.15) is 11.6 Å². The highest BCUT2D eigenvalue weighted by atomic mass is 35.5. The number of hydrogen-bond donors (Lipinski definition) is 0. The van der Waals surface area contributed by atoms with Crippen LogP contribution in [0.25, 0.3) is 11.0 Å². The second-order valence-corrected chi connectivity index (χ2v) is 7.02. The summed E-state index contributed by atoms with van der Waals surface area (Å²) in [5, 5.41) is 0.556. The zero-order valence-corrected chi connectivity index (χ0v) is 16.2. The van der Waals surface area contributed by atoms with Crippen molar-refractivity contribution in [1.29, 1.82) is 0 Å². The van der Waals surface area contributed by atoms with Gasteiger partial charge < -0.3 is 14.5 Å². The number of anilines is 1. The fourth-order valence-electron chi connectivity index (χ4n) is 3.25. The lowest BCUT2D eigenvalue weighted by atomic mass is 10.2. The van der Waals surface area contributed by atoms with Crippen LogP contribution in [0.15, 0.2) is 54.7 Å². The van der Waals surface area contributed by atoms with Gasteiger partial charge in [0.2, 0.25) is 5.91 Å². The summed E-state index contributed by atoms with van der Waals surface area (Å²) in [5.74, 6) is 1.56. The fourth-order valence-corrected chi connectivity index (χ4v) is 3.44. The predicted molar refractivity (Wildman–Crippen MR) is 110 cm³/mol. The first kappa shape index (κ1) is 18.5. The number of para-hydroxylation sites is 3.